The maximum atomic E-state index is 3.43. The van der Waals surface area contributed by atoms with Gasteiger partial charge in [-0.2, -0.15) is 0 Å². The predicted octanol–water partition coefficient (Wildman–Crippen LogP) is 1.83. The lowest BCUT2D eigenvalue weighted by Gasteiger charge is -2.33. The van der Waals surface area contributed by atoms with Gasteiger partial charge in [0.15, 0.2) is 0 Å². The van der Waals surface area contributed by atoms with E-state index in [-0.39, 0.29) is 0 Å². The molecule has 1 heterocycles. The van der Waals surface area contributed by atoms with Crippen LogP contribution in [0, 0.1) is 6.92 Å². The van der Waals surface area contributed by atoms with Crippen molar-refractivity contribution in [1.29, 1.82) is 0 Å². The third kappa shape index (κ3) is 3.06. The molecule has 0 amide bonds. The van der Waals surface area contributed by atoms with Crippen molar-refractivity contribution in [3.8, 4) is 0 Å². The van der Waals surface area contributed by atoms with Crippen molar-refractivity contribution in [2.24, 2.45) is 0 Å². The molecule has 0 aromatic heterocycles. The molecule has 0 bridgehead atoms. The van der Waals surface area contributed by atoms with Crippen molar-refractivity contribution in [2.75, 3.05) is 26.2 Å². The highest BCUT2D eigenvalue weighted by molar-refractivity contribution is 5.21. The van der Waals surface area contributed by atoms with Crippen LogP contribution in [0.5, 0.6) is 0 Å². The number of aryl methyl sites for hydroxylation is 1. The van der Waals surface area contributed by atoms with Gasteiger partial charge in [-0.15, -0.1) is 0 Å². The van der Waals surface area contributed by atoms with E-state index in [0.717, 1.165) is 13.1 Å². The fourth-order valence-corrected chi connectivity index (χ4v) is 2.24. The van der Waals surface area contributed by atoms with Crippen molar-refractivity contribution in [2.45, 2.75) is 26.3 Å². The average Bonchev–Trinajstić information content (AvgIpc) is 2.30. The standard InChI is InChI=1S/C14H22N2/c1-12-3-5-14(6-4-12)7-9-16-10-8-15-11-13(16)2/h3-6,13,15H,7-11H2,1-2H3. The number of benzene rings is 1. The molecule has 2 heteroatoms. The van der Waals surface area contributed by atoms with E-state index in [1.54, 1.807) is 0 Å². The van der Waals surface area contributed by atoms with Crippen LogP contribution in [0.15, 0.2) is 24.3 Å². The van der Waals surface area contributed by atoms with Crippen LogP contribution in [-0.2, 0) is 6.42 Å². The van der Waals surface area contributed by atoms with Gasteiger partial charge in [-0.3, -0.25) is 4.90 Å². The molecule has 0 aliphatic carbocycles. The lowest BCUT2D eigenvalue weighted by molar-refractivity contribution is 0.176. The fourth-order valence-electron chi connectivity index (χ4n) is 2.24. The summed E-state index contributed by atoms with van der Waals surface area (Å²) in [6, 6.07) is 9.59. The molecule has 1 aromatic rings. The zero-order valence-corrected chi connectivity index (χ0v) is 10.4. The highest BCUT2D eigenvalue weighted by Crippen LogP contribution is 2.07. The summed E-state index contributed by atoms with van der Waals surface area (Å²) in [5, 5.41) is 3.43. The van der Waals surface area contributed by atoms with Crippen LogP contribution in [0.25, 0.3) is 0 Å². The number of nitrogens with one attached hydrogen (secondary N) is 1. The van der Waals surface area contributed by atoms with Gasteiger partial charge >= 0.3 is 0 Å². The van der Waals surface area contributed by atoms with Gasteiger partial charge in [-0.05, 0) is 25.8 Å². The summed E-state index contributed by atoms with van der Waals surface area (Å²) < 4.78 is 0. The lowest BCUT2D eigenvalue weighted by Crippen LogP contribution is -2.50. The second kappa shape index (κ2) is 5.46. The van der Waals surface area contributed by atoms with Gasteiger partial charge in [0.1, 0.15) is 0 Å². The fraction of sp³-hybridized carbons (Fsp3) is 0.571. The summed E-state index contributed by atoms with van der Waals surface area (Å²) in [6.45, 7) is 9.09. The van der Waals surface area contributed by atoms with E-state index in [1.807, 2.05) is 0 Å². The van der Waals surface area contributed by atoms with Crippen molar-refractivity contribution in [3.63, 3.8) is 0 Å². The van der Waals surface area contributed by atoms with Crippen molar-refractivity contribution in [3.05, 3.63) is 35.4 Å². The number of nitrogens with zero attached hydrogens (tertiary/aromatic N) is 1. The first-order chi connectivity index (χ1) is 7.75. The third-order valence-corrected chi connectivity index (χ3v) is 3.45. The zero-order valence-electron chi connectivity index (χ0n) is 10.4. The molecule has 0 radical (unpaired) electrons. The molecule has 1 N–H and O–H groups in total. The Bertz CT molecular complexity index is 318. The van der Waals surface area contributed by atoms with Crippen LogP contribution in [-0.4, -0.2) is 37.1 Å². The van der Waals surface area contributed by atoms with Crippen LogP contribution >= 0.6 is 0 Å². The quantitative estimate of drug-likeness (QED) is 0.832. The summed E-state index contributed by atoms with van der Waals surface area (Å²) in [5.41, 5.74) is 2.80. The highest BCUT2D eigenvalue weighted by atomic mass is 15.2. The molecule has 1 aliphatic heterocycles. The molecule has 1 saturated heterocycles. The molecular weight excluding hydrogens is 196 g/mol. The number of hydrogen-bond acceptors (Lipinski definition) is 2. The zero-order chi connectivity index (χ0) is 11.4. The van der Waals surface area contributed by atoms with E-state index in [0.29, 0.717) is 6.04 Å². The van der Waals surface area contributed by atoms with Gasteiger partial charge in [0.05, 0.1) is 0 Å². The van der Waals surface area contributed by atoms with E-state index in [4.69, 9.17) is 0 Å². The summed E-state index contributed by atoms with van der Waals surface area (Å²) in [7, 11) is 0. The van der Waals surface area contributed by atoms with Crippen molar-refractivity contribution < 1.29 is 0 Å². The summed E-state index contributed by atoms with van der Waals surface area (Å²) in [5.74, 6) is 0. The molecule has 2 rings (SSSR count). The van der Waals surface area contributed by atoms with Crippen LogP contribution in [0.1, 0.15) is 18.1 Å². The Labute approximate surface area is 98.7 Å². The second-order valence-electron chi connectivity index (χ2n) is 4.82. The SMILES string of the molecule is Cc1ccc(CCN2CCNCC2C)cc1. The molecule has 1 aromatic carbocycles. The highest BCUT2D eigenvalue weighted by Gasteiger charge is 2.16. The van der Waals surface area contributed by atoms with Crippen LogP contribution in [0.3, 0.4) is 0 Å². The normalized spacial score (nSPS) is 22.2. The predicted molar refractivity (Wildman–Crippen MR) is 68.8 cm³/mol. The van der Waals surface area contributed by atoms with Gasteiger partial charge < -0.3 is 5.32 Å². The Balaban J connectivity index is 1.84. The Kier molecular flexibility index (Phi) is 3.97. The molecule has 16 heavy (non-hydrogen) atoms. The molecule has 0 spiro atoms. The number of rotatable bonds is 3. The number of piperazine rings is 1. The van der Waals surface area contributed by atoms with E-state index < -0.39 is 0 Å². The maximum Gasteiger partial charge on any atom is 0.0193 e. The average molecular weight is 218 g/mol. The minimum Gasteiger partial charge on any atom is -0.314 e. The minimum atomic E-state index is 0.680. The molecule has 1 atom stereocenters. The summed E-state index contributed by atoms with van der Waals surface area (Å²) in [6.07, 6.45) is 1.17. The Hall–Kier alpha value is -0.860. The summed E-state index contributed by atoms with van der Waals surface area (Å²) in [4.78, 5) is 2.58. The van der Waals surface area contributed by atoms with E-state index in [2.05, 4.69) is 48.3 Å². The topological polar surface area (TPSA) is 15.3 Å². The van der Waals surface area contributed by atoms with Crippen molar-refractivity contribution >= 4 is 0 Å². The molecular formula is C14H22N2. The first-order valence-electron chi connectivity index (χ1n) is 6.26. The smallest absolute Gasteiger partial charge is 0.0193 e. The van der Waals surface area contributed by atoms with E-state index in [9.17, 15) is 0 Å². The van der Waals surface area contributed by atoms with Gasteiger partial charge in [0.2, 0.25) is 0 Å². The van der Waals surface area contributed by atoms with E-state index in [1.165, 1.54) is 30.6 Å². The van der Waals surface area contributed by atoms with Gasteiger partial charge in [-0.1, -0.05) is 29.8 Å². The third-order valence-electron chi connectivity index (χ3n) is 3.45. The van der Waals surface area contributed by atoms with Gasteiger partial charge in [0, 0.05) is 32.2 Å². The molecule has 88 valence electrons. The van der Waals surface area contributed by atoms with Crippen LogP contribution < -0.4 is 5.32 Å². The molecule has 1 unspecified atom stereocenters. The van der Waals surface area contributed by atoms with Crippen molar-refractivity contribution in [1.82, 2.24) is 10.2 Å². The number of hydrogen-bond donors (Lipinski definition) is 1. The van der Waals surface area contributed by atoms with Gasteiger partial charge in [0.25, 0.3) is 0 Å². The molecule has 1 aliphatic rings. The van der Waals surface area contributed by atoms with Crippen LogP contribution in [0.4, 0.5) is 0 Å². The van der Waals surface area contributed by atoms with E-state index >= 15 is 0 Å². The Morgan fingerprint density at radius 1 is 1.31 bits per heavy atom. The largest absolute Gasteiger partial charge is 0.314 e. The lowest BCUT2D eigenvalue weighted by atomic mass is 10.1. The summed E-state index contributed by atoms with van der Waals surface area (Å²) >= 11 is 0. The molecule has 0 saturated carbocycles. The Morgan fingerprint density at radius 3 is 2.75 bits per heavy atom. The first-order valence-corrected chi connectivity index (χ1v) is 6.26. The maximum absolute atomic E-state index is 3.43. The Morgan fingerprint density at radius 2 is 2.06 bits per heavy atom. The molecule has 2 nitrogen and oxygen atoms in total. The first kappa shape index (κ1) is 11.6. The second-order valence-corrected chi connectivity index (χ2v) is 4.82. The van der Waals surface area contributed by atoms with Crippen LogP contribution in [0.2, 0.25) is 0 Å². The van der Waals surface area contributed by atoms with Gasteiger partial charge in [-0.25, -0.2) is 0 Å². The monoisotopic (exact) mass is 218 g/mol. The molecule has 1 fully saturated rings. The minimum absolute atomic E-state index is 0.680.